The third-order valence-electron chi connectivity index (χ3n) is 2.50. The first-order valence-electron chi connectivity index (χ1n) is 5.84. The summed E-state index contributed by atoms with van der Waals surface area (Å²) < 4.78 is 0.681. The molecule has 0 aliphatic rings. The maximum atomic E-state index is 9.61. The molecule has 1 N–H and O–H groups in total. The summed E-state index contributed by atoms with van der Waals surface area (Å²) in [5.41, 5.74) is 1.95. The Kier molecular flexibility index (Phi) is 5.48. The van der Waals surface area contributed by atoms with Crippen LogP contribution in [0.15, 0.2) is 21.6 Å². The largest absolute Gasteiger partial charge is 0.507 e. The molecular weight excluding hydrogens is 280 g/mol. The van der Waals surface area contributed by atoms with Crippen LogP contribution in [0, 0.1) is 0 Å². The van der Waals surface area contributed by atoms with Gasteiger partial charge < -0.3 is 10.0 Å². The third kappa shape index (κ3) is 4.04. The van der Waals surface area contributed by atoms with Crippen molar-refractivity contribution in [3.8, 4) is 5.75 Å². The number of aromatic hydroxyl groups is 1. The van der Waals surface area contributed by atoms with E-state index >= 15 is 0 Å². The third-order valence-corrected chi connectivity index (χ3v) is 3.13. The topological polar surface area (TPSA) is 35.8 Å². The molecule has 0 atom stereocenters. The van der Waals surface area contributed by atoms with Crippen LogP contribution < -0.4 is 0 Å². The summed E-state index contributed by atoms with van der Waals surface area (Å²) in [6.07, 6.45) is 3.79. The van der Waals surface area contributed by atoms with Crippen LogP contribution in [0.3, 0.4) is 0 Å². The second kappa shape index (κ2) is 6.64. The number of phenolic OH excluding ortho intramolecular Hbond substituents is 1. The predicted molar refractivity (Wildman–Crippen MR) is 76.3 cm³/mol. The van der Waals surface area contributed by atoms with Crippen LogP contribution in [0.2, 0.25) is 0 Å². The van der Waals surface area contributed by atoms with Crippen LogP contribution in [-0.2, 0) is 6.42 Å². The molecule has 0 radical (unpaired) electrons. The minimum absolute atomic E-state index is 0.266. The van der Waals surface area contributed by atoms with E-state index in [1.807, 2.05) is 19.5 Å². The predicted octanol–water partition coefficient (Wildman–Crippen LogP) is 3.72. The number of rotatable bonds is 5. The Bertz CT molecular complexity index is 405. The second-order valence-corrected chi connectivity index (χ2v) is 4.87. The lowest BCUT2D eigenvalue weighted by Gasteiger charge is -2.11. The standard InChI is InChI=1S/C13H19BrN2O/c1-4-6-16(3)9-15-12-8-11(14)13(17)7-10(12)5-2/h7-9,17H,4-6H2,1-3H3. The first kappa shape index (κ1) is 14.0. The number of aliphatic imine (C=N–C) groups is 1. The van der Waals surface area contributed by atoms with Gasteiger partial charge >= 0.3 is 0 Å². The van der Waals surface area contributed by atoms with E-state index in [0.29, 0.717) is 4.47 Å². The van der Waals surface area contributed by atoms with Gasteiger partial charge in [0.1, 0.15) is 5.75 Å². The lowest BCUT2D eigenvalue weighted by Crippen LogP contribution is -2.16. The molecule has 0 aliphatic carbocycles. The van der Waals surface area contributed by atoms with Crippen LogP contribution in [-0.4, -0.2) is 29.9 Å². The molecule has 1 aromatic rings. The van der Waals surface area contributed by atoms with Crippen molar-refractivity contribution in [2.75, 3.05) is 13.6 Å². The number of aryl methyl sites for hydroxylation is 1. The lowest BCUT2D eigenvalue weighted by atomic mass is 10.1. The average molecular weight is 299 g/mol. The SMILES string of the molecule is CCCN(C)C=Nc1cc(Br)c(O)cc1CC. The second-order valence-electron chi connectivity index (χ2n) is 4.01. The maximum absolute atomic E-state index is 9.61. The molecule has 1 rings (SSSR count). The van der Waals surface area contributed by atoms with Gasteiger partial charge in [0, 0.05) is 13.6 Å². The van der Waals surface area contributed by atoms with Crippen molar-refractivity contribution in [3.63, 3.8) is 0 Å². The van der Waals surface area contributed by atoms with E-state index in [0.717, 1.165) is 30.6 Å². The summed E-state index contributed by atoms with van der Waals surface area (Å²) in [6.45, 7) is 5.18. The van der Waals surface area contributed by atoms with E-state index in [2.05, 4.69) is 39.7 Å². The van der Waals surface area contributed by atoms with Crippen LogP contribution in [0.1, 0.15) is 25.8 Å². The Morgan fingerprint density at radius 3 is 2.71 bits per heavy atom. The van der Waals surface area contributed by atoms with E-state index in [1.165, 1.54) is 0 Å². The molecular formula is C13H19BrN2O. The highest BCUT2D eigenvalue weighted by molar-refractivity contribution is 9.10. The van der Waals surface area contributed by atoms with Gasteiger partial charge in [0.25, 0.3) is 0 Å². The van der Waals surface area contributed by atoms with E-state index in [-0.39, 0.29) is 5.75 Å². The van der Waals surface area contributed by atoms with Crippen LogP contribution in [0.4, 0.5) is 5.69 Å². The summed E-state index contributed by atoms with van der Waals surface area (Å²) in [6, 6.07) is 3.61. The number of phenols is 1. The first-order valence-corrected chi connectivity index (χ1v) is 6.63. The van der Waals surface area contributed by atoms with Crippen molar-refractivity contribution >= 4 is 28.0 Å². The Labute approximate surface area is 111 Å². The number of nitrogens with zero attached hydrogens (tertiary/aromatic N) is 2. The lowest BCUT2D eigenvalue weighted by molar-refractivity contribution is 0.471. The molecule has 0 amide bonds. The number of halogens is 1. The van der Waals surface area contributed by atoms with Gasteiger partial charge in [-0.15, -0.1) is 0 Å². The van der Waals surface area contributed by atoms with Crippen molar-refractivity contribution in [2.45, 2.75) is 26.7 Å². The zero-order chi connectivity index (χ0) is 12.8. The summed E-state index contributed by atoms with van der Waals surface area (Å²) >= 11 is 3.31. The minimum atomic E-state index is 0.266. The molecule has 0 saturated heterocycles. The van der Waals surface area contributed by atoms with E-state index in [1.54, 1.807) is 6.07 Å². The summed E-state index contributed by atoms with van der Waals surface area (Å²) in [4.78, 5) is 6.51. The number of benzene rings is 1. The van der Waals surface area contributed by atoms with Crippen molar-refractivity contribution in [3.05, 3.63) is 22.2 Å². The number of hydrogen-bond donors (Lipinski definition) is 1. The Hall–Kier alpha value is -1.03. The molecule has 0 bridgehead atoms. The molecule has 0 spiro atoms. The van der Waals surface area contributed by atoms with Crippen molar-refractivity contribution in [2.24, 2.45) is 4.99 Å². The molecule has 0 aliphatic heterocycles. The van der Waals surface area contributed by atoms with E-state index in [4.69, 9.17) is 0 Å². The van der Waals surface area contributed by atoms with Gasteiger partial charge in [-0.05, 0) is 46.5 Å². The van der Waals surface area contributed by atoms with Gasteiger partial charge in [-0.1, -0.05) is 13.8 Å². The summed E-state index contributed by atoms with van der Waals surface area (Å²) in [5, 5.41) is 9.61. The zero-order valence-electron chi connectivity index (χ0n) is 10.6. The Balaban J connectivity index is 2.93. The van der Waals surface area contributed by atoms with Gasteiger partial charge in [-0.2, -0.15) is 0 Å². The molecule has 0 heterocycles. The Morgan fingerprint density at radius 1 is 1.41 bits per heavy atom. The minimum Gasteiger partial charge on any atom is -0.507 e. The van der Waals surface area contributed by atoms with Crippen molar-refractivity contribution < 1.29 is 5.11 Å². The molecule has 0 saturated carbocycles. The molecule has 3 nitrogen and oxygen atoms in total. The van der Waals surface area contributed by atoms with E-state index in [9.17, 15) is 5.11 Å². The molecule has 94 valence electrons. The maximum Gasteiger partial charge on any atom is 0.130 e. The number of hydrogen-bond acceptors (Lipinski definition) is 2. The van der Waals surface area contributed by atoms with Crippen LogP contribution >= 0.6 is 15.9 Å². The first-order chi connectivity index (χ1) is 8.08. The zero-order valence-corrected chi connectivity index (χ0v) is 12.2. The molecule has 17 heavy (non-hydrogen) atoms. The summed E-state index contributed by atoms with van der Waals surface area (Å²) in [7, 11) is 2.01. The Morgan fingerprint density at radius 2 is 2.12 bits per heavy atom. The molecule has 4 heteroatoms. The van der Waals surface area contributed by atoms with Crippen molar-refractivity contribution in [1.29, 1.82) is 0 Å². The van der Waals surface area contributed by atoms with Crippen molar-refractivity contribution in [1.82, 2.24) is 4.90 Å². The van der Waals surface area contributed by atoms with E-state index < -0.39 is 0 Å². The highest BCUT2D eigenvalue weighted by atomic mass is 79.9. The van der Waals surface area contributed by atoms with Gasteiger partial charge in [-0.25, -0.2) is 4.99 Å². The van der Waals surface area contributed by atoms with Gasteiger partial charge in [0.15, 0.2) is 0 Å². The smallest absolute Gasteiger partial charge is 0.130 e. The quantitative estimate of drug-likeness (QED) is 0.664. The summed E-state index contributed by atoms with van der Waals surface area (Å²) in [5.74, 6) is 0.266. The average Bonchev–Trinajstić information content (AvgIpc) is 2.30. The highest BCUT2D eigenvalue weighted by Crippen LogP contribution is 2.32. The molecule has 0 fully saturated rings. The molecule has 0 unspecified atom stereocenters. The molecule has 0 aromatic heterocycles. The van der Waals surface area contributed by atoms with Gasteiger partial charge in [0.05, 0.1) is 16.5 Å². The molecule has 1 aromatic carbocycles. The monoisotopic (exact) mass is 298 g/mol. The fourth-order valence-electron chi connectivity index (χ4n) is 1.57. The fraction of sp³-hybridized carbons (Fsp3) is 0.462. The van der Waals surface area contributed by atoms with Crippen LogP contribution in [0.25, 0.3) is 0 Å². The normalized spacial score (nSPS) is 11.1. The van der Waals surface area contributed by atoms with Crippen LogP contribution in [0.5, 0.6) is 5.75 Å². The highest BCUT2D eigenvalue weighted by Gasteiger charge is 2.05. The fourth-order valence-corrected chi connectivity index (χ4v) is 1.90. The van der Waals surface area contributed by atoms with Gasteiger partial charge in [0.2, 0.25) is 0 Å². The van der Waals surface area contributed by atoms with Gasteiger partial charge in [-0.3, -0.25) is 0 Å².